The van der Waals surface area contributed by atoms with E-state index < -0.39 is 5.91 Å². The summed E-state index contributed by atoms with van der Waals surface area (Å²) in [4.78, 5) is 28.4. The number of nitrogens with zero attached hydrogens (tertiary/aromatic N) is 1. The first-order valence-corrected chi connectivity index (χ1v) is 9.34. The van der Waals surface area contributed by atoms with Crippen LogP contribution in [0.5, 0.6) is 5.75 Å². The number of halogens is 1. The summed E-state index contributed by atoms with van der Waals surface area (Å²) in [6.07, 6.45) is 0. The zero-order valence-electron chi connectivity index (χ0n) is 14.4. The van der Waals surface area contributed by atoms with Crippen molar-refractivity contribution in [3.05, 3.63) is 65.2 Å². The van der Waals surface area contributed by atoms with Gasteiger partial charge in [-0.1, -0.05) is 23.4 Å². The number of amides is 2. The van der Waals surface area contributed by atoms with Crippen LogP contribution < -0.4 is 15.6 Å². The number of nitrogens with one attached hydrogen (secondary N) is 2. The first-order chi connectivity index (χ1) is 13.0. The fourth-order valence-corrected chi connectivity index (χ4v) is 3.07. The lowest BCUT2D eigenvalue weighted by Gasteiger charge is -2.08. The van der Waals surface area contributed by atoms with Crippen LogP contribution in [0.4, 0.5) is 0 Å². The van der Waals surface area contributed by atoms with Crippen LogP contribution in [-0.4, -0.2) is 29.7 Å². The minimum atomic E-state index is -0.414. The number of methoxy groups -OCH3 is 1. The van der Waals surface area contributed by atoms with Gasteiger partial charge >= 0.3 is 0 Å². The molecule has 3 aromatic rings. The monoisotopic (exact) mass is 401 g/mol. The van der Waals surface area contributed by atoms with Crippen LogP contribution in [0.3, 0.4) is 0 Å². The van der Waals surface area contributed by atoms with Gasteiger partial charge in [0.25, 0.3) is 5.91 Å². The van der Waals surface area contributed by atoms with Crippen LogP contribution in [0.15, 0.2) is 59.6 Å². The molecule has 0 unspecified atom stereocenters. The molecule has 6 nitrogen and oxygen atoms in total. The number of carbonyl (C=O) groups excluding carboxylic acids is 2. The molecule has 8 heteroatoms. The SMILES string of the molecule is COc1ccc2nc(SCC(=O)NNC(=O)c3ccc(Cl)cc3)ccc2c1. The molecule has 2 aromatic carbocycles. The van der Waals surface area contributed by atoms with E-state index in [1.165, 1.54) is 11.8 Å². The number of rotatable bonds is 5. The van der Waals surface area contributed by atoms with Crippen molar-refractivity contribution in [2.75, 3.05) is 12.9 Å². The van der Waals surface area contributed by atoms with E-state index in [0.717, 1.165) is 16.7 Å². The lowest BCUT2D eigenvalue weighted by atomic mass is 10.2. The van der Waals surface area contributed by atoms with E-state index in [1.54, 1.807) is 31.4 Å². The van der Waals surface area contributed by atoms with Crippen molar-refractivity contribution in [1.29, 1.82) is 0 Å². The first-order valence-electron chi connectivity index (χ1n) is 7.97. The molecular weight excluding hydrogens is 386 g/mol. The number of benzene rings is 2. The Balaban J connectivity index is 1.52. The Morgan fingerprint density at radius 2 is 1.85 bits per heavy atom. The second-order valence-corrected chi connectivity index (χ2v) is 6.94. The second kappa shape index (κ2) is 8.75. The molecule has 1 aromatic heterocycles. The highest BCUT2D eigenvalue weighted by molar-refractivity contribution is 7.99. The summed E-state index contributed by atoms with van der Waals surface area (Å²) < 4.78 is 5.19. The summed E-state index contributed by atoms with van der Waals surface area (Å²) in [5.74, 6) is 0.137. The van der Waals surface area contributed by atoms with Crippen LogP contribution >= 0.6 is 23.4 Å². The van der Waals surface area contributed by atoms with Crippen molar-refractivity contribution in [2.45, 2.75) is 5.03 Å². The smallest absolute Gasteiger partial charge is 0.269 e. The lowest BCUT2D eigenvalue weighted by Crippen LogP contribution is -2.42. The van der Waals surface area contributed by atoms with Gasteiger partial charge in [0, 0.05) is 16.0 Å². The van der Waals surface area contributed by atoms with E-state index in [4.69, 9.17) is 16.3 Å². The summed E-state index contributed by atoms with van der Waals surface area (Å²) >= 11 is 7.06. The van der Waals surface area contributed by atoms with Gasteiger partial charge in [0.1, 0.15) is 5.75 Å². The number of hydrogen-bond donors (Lipinski definition) is 2. The van der Waals surface area contributed by atoms with Gasteiger partial charge in [0.05, 0.1) is 23.4 Å². The van der Waals surface area contributed by atoms with Crippen molar-refractivity contribution >= 4 is 46.1 Å². The largest absolute Gasteiger partial charge is 0.497 e. The van der Waals surface area contributed by atoms with Crippen molar-refractivity contribution in [1.82, 2.24) is 15.8 Å². The van der Waals surface area contributed by atoms with Gasteiger partial charge < -0.3 is 4.74 Å². The van der Waals surface area contributed by atoms with Crippen LogP contribution in [0, 0.1) is 0 Å². The molecule has 0 saturated carbocycles. The van der Waals surface area contributed by atoms with Crippen molar-refractivity contribution in [2.24, 2.45) is 0 Å². The summed E-state index contributed by atoms with van der Waals surface area (Å²) in [6.45, 7) is 0. The lowest BCUT2D eigenvalue weighted by molar-refractivity contribution is -0.119. The normalized spacial score (nSPS) is 10.4. The molecule has 0 aliphatic carbocycles. The number of thioether (sulfide) groups is 1. The third-order valence-corrected chi connectivity index (χ3v) is 4.83. The summed E-state index contributed by atoms with van der Waals surface area (Å²) in [7, 11) is 1.61. The van der Waals surface area contributed by atoms with Gasteiger partial charge in [0.2, 0.25) is 5.91 Å². The molecule has 0 radical (unpaired) electrons. The molecule has 0 fully saturated rings. The van der Waals surface area contributed by atoms with Crippen LogP contribution in [0.1, 0.15) is 10.4 Å². The van der Waals surface area contributed by atoms with E-state index in [0.29, 0.717) is 15.6 Å². The zero-order chi connectivity index (χ0) is 19.2. The first kappa shape index (κ1) is 19.0. The fourth-order valence-electron chi connectivity index (χ4n) is 2.27. The van der Waals surface area contributed by atoms with Crippen LogP contribution in [-0.2, 0) is 4.79 Å². The molecule has 0 aliphatic rings. The average Bonchev–Trinajstić information content (AvgIpc) is 2.70. The van der Waals surface area contributed by atoms with Gasteiger partial charge in [-0.25, -0.2) is 4.98 Å². The number of pyridine rings is 1. The number of ether oxygens (including phenoxy) is 1. The number of fused-ring (bicyclic) bond motifs is 1. The van der Waals surface area contributed by atoms with E-state index >= 15 is 0 Å². The maximum absolute atomic E-state index is 11.9. The topological polar surface area (TPSA) is 80.3 Å². The summed E-state index contributed by atoms with van der Waals surface area (Å²) in [5.41, 5.74) is 5.97. The van der Waals surface area contributed by atoms with E-state index in [1.807, 2.05) is 30.3 Å². The number of carbonyl (C=O) groups is 2. The van der Waals surface area contributed by atoms with Crippen LogP contribution in [0.2, 0.25) is 5.02 Å². The third-order valence-electron chi connectivity index (χ3n) is 3.64. The molecule has 0 atom stereocenters. The van der Waals surface area contributed by atoms with Gasteiger partial charge in [-0.3, -0.25) is 20.4 Å². The van der Waals surface area contributed by atoms with Crippen LogP contribution in [0.25, 0.3) is 10.9 Å². The Hall–Kier alpha value is -2.77. The molecule has 138 valence electrons. The fraction of sp³-hybridized carbons (Fsp3) is 0.105. The van der Waals surface area contributed by atoms with Gasteiger partial charge in [0.15, 0.2) is 0 Å². The Morgan fingerprint density at radius 3 is 2.59 bits per heavy atom. The number of aromatic nitrogens is 1. The molecule has 2 N–H and O–H groups in total. The van der Waals surface area contributed by atoms with Gasteiger partial charge in [-0.2, -0.15) is 0 Å². The molecule has 3 rings (SSSR count). The molecule has 2 amide bonds. The molecule has 0 bridgehead atoms. The Kier molecular flexibility index (Phi) is 6.16. The number of hydrazine groups is 1. The molecule has 27 heavy (non-hydrogen) atoms. The van der Waals surface area contributed by atoms with Gasteiger partial charge in [-0.05, 0) is 54.6 Å². The van der Waals surface area contributed by atoms with Gasteiger partial charge in [-0.15, -0.1) is 0 Å². The Morgan fingerprint density at radius 1 is 1.07 bits per heavy atom. The highest BCUT2D eigenvalue weighted by Crippen LogP contribution is 2.23. The Labute approximate surface area is 165 Å². The number of hydrogen-bond acceptors (Lipinski definition) is 5. The molecule has 1 heterocycles. The summed E-state index contributed by atoms with van der Waals surface area (Å²) in [5, 5.41) is 2.21. The van der Waals surface area contributed by atoms with E-state index in [9.17, 15) is 9.59 Å². The predicted octanol–water partition coefficient (Wildman–Crippen LogP) is 3.45. The average molecular weight is 402 g/mol. The zero-order valence-corrected chi connectivity index (χ0v) is 15.9. The van der Waals surface area contributed by atoms with E-state index in [-0.39, 0.29) is 11.7 Å². The van der Waals surface area contributed by atoms with Crippen molar-refractivity contribution < 1.29 is 14.3 Å². The molecule has 0 saturated heterocycles. The minimum Gasteiger partial charge on any atom is -0.497 e. The standard InChI is InChI=1S/C19H16ClN3O3S/c1-26-15-7-8-16-13(10-15)4-9-18(21-16)27-11-17(24)22-23-19(25)12-2-5-14(20)6-3-12/h2-10H,11H2,1H3,(H,22,24)(H,23,25). The highest BCUT2D eigenvalue weighted by Gasteiger charge is 2.09. The molecule has 0 spiro atoms. The summed E-state index contributed by atoms with van der Waals surface area (Å²) in [6, 6.07) is 15.7. The predicted molar refractivity (Wildman–Crippen MR) is 106 cm³/mol. The quantitative estimate of drug-likeness (QED) is 0.505. The molecule has 0 aliphatic heterocycles. The Bertz CT molecular complexity index is 980. The highest BCUT2D eigenvalue weighted by atomic mass is 35.5. The van der Waals surface area contributed by atoms with E-state index in [2.05, 4.69) is 15.8 Å². The molecular formula is C19H16ClN3O3S. The maximum Gasteiger partial charge on any atom is 0.269 e. The second-order valence-electron chi connectivity index (χ2n) is 5.51. The van der Waals surface area contributed by atoms with Crippen molar-refractivity contribution in [3.63, 3.8) is 0 Å². The third kappa shape index (κ3) is 5.12. The maximum atomic E-state index is 11.9. The van der Waals surface area contributed by atoms with Crippen molar-refractivity contribution in [3.8, 4) is 5.75 Å². The minimum absolute atomic E-state index is 0.121.